The van der Waals surface area contributed by atoms with Crippen molar-refractivity contribution < 1.29 is 32.2 Å². The van der Waals surface area contributed by atoms with E-state index < -0.39 is 24.1 Å². The van der Waals surface area contributed by atoms with Gasteiger partial charge >= 0.3 is 18.1 Å². The van der Waals surface area contributed by atoms with E-state index in [9.17, 15) is 22.8 Å². The molecule has 1 unspecified atom stereocenters. The van der Waals surface area contributed by atoms with Gasteiger partial charge in [0.25, 0.3) is 0 Å². The number of carbonyl (C=O) groups is 2. The summed E-state index contributed by atoms with van der Waals surface area (Å²) in [4.78, 5) is 22.9. The van der Waals surface area contributed by atoms with Crippen LogP contribution in [0.5, 0.6) is 5.75 Å². The largest absolute Gasteiger partial charge is 0.493 e. The van der Waals surface area contributed by atoms with Crippen LogP contribution < -0.4 is 10.1 Å². The number of methoxy groups -OCH3 is 1. The lowest BCUT2D eigenvalue weighted by Crippen LogP contribution is -2.42. The minimum atomic E-state index is -5.11. The van der Waals surface area contributed by atoms with E-state index >= 15 is 0 Å². The number of alkyl halides is 3. The Labute approximate surface area is 125 Å². The molecular formula is C14H16F3NO4. The zero-order valence-electron chi connectivity index (χ0n) is 12.1. The number of hydrogen-bond acceptors (Lipinski definition) is 4. The van der Waals surface area contributed by atoms with E-state index in [4.69, 9.17) is 4.74 Å². The number of amides is 1. The first-order valence-electron chi connectivity index (χ1n) is 6.48. The van der Waals surface area contributed by atoms with Crippen LogP contribution in [0.15, 0.2) is 24.3 Å². The van der Waals surface area contributed by atoms with E-state index in [0.29, 0.717) is 13.0 Å². The SMILES string of the molecule is CCCOc1ccccc1C(NC(=O)C(F)(F)F)C(=O)OC. The number of esters is 1. The van der Waals surface area contributed by atoms with Gasteiger partial charge in [-0.05, 0) is 12.5 Å². The van der Waals surface area contributed by atoms with Gasteiger partial charge in [-0.2, -0.15) is 13.2 Å². The lowest BCUT2D eigenvalue weighted by atomic mass is 10.1. The average Bonchev–Trinajstić information content (AvgIpc) is 2.49. The maximum Gasteiger partial charge on any atom is 0.471 e. The quantitative estimate of drug-likeness (QED) is 0.818. The van der Waals surface area contributed by atoms with Crippen LogP contribution in [0.3, 0.4) is 0 Å². The van der Waals surface area contributed by atoms with Crippen molar-refractivity contribution in [2.24, 2.45) is 0 Å². The molecule has 0 saturated heterocycles. The molecule has 0 saturated carbocycles. The molecule has 0 heterocycles. The predicted octanol–water partition coefficient (Wildman–Crippen LogP) is 2.37. The minimum absolute atomic E-state index is 0.0976. The van der Waals surface area contributed by atoms with Crippen molar-refractivity contribution in [3.63, 3.8) is 0 Å². The van der Waals surface area contributed by atoms with Crippen molar-refractivity contribution in [1.82, 2.24) is 5.32 Å². The second kappa shape index (κ2) is 7.67. The van der Waals surface area contributed by atoms with Gasteiger partial charge < -0.3 is 14.8 Å². The summed E-state index contributed by atoms with van der Waals surface area (Å²) < 4.78 is 47.1. The summed E-state index contributed by atoms with van der Waals surface area (Å²) in [7, 11) is 1.02. The third kappa shape index (κ3) is 4.64. The molecule has 1 aromatic rings. The second-order valence-electron chi connectivity index (χ2n) is 4.31. The Balaban J connectivity index is 3.12. The summed E-state index contributed by atoms with van der Waals surface area (Å²) in [6.07, 6.45) is -4.43. The second-order valence-corrected chi connectivity index (χ2v) is 4.31. The summed E-state index contributed by atoms with van der Waals surface area (Å²) >= 11 is 0. The zero-order valence-corrected chi connectivity index (χ0v) is 12.1. The third-order valence-electron chi connectivity index (χ3n) is 2.66. The maximum absolute atomic E-state index is 12.4. The molecule has 1 atom stereocenters. The Hall–Kier alpha value is -2.25. The van der Waals surface area contributed by atoms with Gasteiger partial charge in [-0.15, -0.1) is 0 Å². The lowest BCUT2D eigenvalue weighted by molar-refractivity contribution is -0.175. The fourth-order valence-electron chi connectivity index (χ4n) is 1.66. The van der Waals surface area contributed by atoms with Gasteiger partial charge in [-0.25, -0.2) is 4.79 Å². The van der Waals surface area contributed by atoms with Crippen LogP contribution in [-0.2, 0) is 14.3 Å². The molecule has 0 aromatic heterocycles. The first-order chi connectivity index (χ1) is 10.3. The molecule has 1 rings (SSSR count). The zero-order chi connectivity index (χ0) is 16.8. The van der Waals surface area contributed by atoms with Crippen LogP contribution in [0.1, 0.15) is 24.9 Å². The number of nitrogens with one attached hydrogen (secondary N) is 1. The smallest absolute Gasteiger partial charge is 0.471 e. The van der Waals surface area contributed by atoms with Crippen molar-refractivity contribution in [3.8, 4) is 5.75 Å². The lowest BCUT2D eigenvalue weighted by Gasteiger charge is -2.20. The number of hydrogen-bond donors (Lipinski definition) is 1. The van der Waals surface area contributed by atoms with Gasteiger partial charge in [0.15, 0.2) is 6.04 Å². The van der Waals surface area contributed by atoms with Crippen LogP contribution in [-0.4, -0.2) is 31.8 Å². The number of para-hydroxylation sites is 1. The summed E-state index contributed by atoms with van der Waals surface area (Å²) in [5.41, 5.74) is 0.0976. The normalized spacial score (nSPS) is 12.4. The molecule has 0 spiro atoms. The molecule has 0 fully saturated rings. The molecule has 22 heavy (non-hydrogen) atoms. The third-order valence-corrected chi connectivity index (χ3v) is 2.66. The summed E-state index contributed by atoms with van der Waals surface area (Å²) in [6.45, 7) is 2.17. The van der Waals surface area contributed by atoms with Gasteiger partial charge in [-0.3, -0.25) is 4.79 Å². The number of ether oxygens (including phenoxy) is 2. The van der Waals surface area contributed by atoms with E-state index in [-0.39, 0.29) is 11.3 Å². The first kappa shape index (κ1) is 17.8. The van der Waals surface area contributed by atoms with E-state index in [0.717, 1.165) is 7.11 Å². The fraction of sp³-hybridized carbons (Fsp3) is 0.429. The number of halogens is 3. The topological polar surface area (TPSA) is 64.6 Å². The molecule has 0 bridgehead atoms. The Morgan fingerprint density at radius 1 is 1.27 bits per heavy atom. The average molecular weight is 319 g/mol. The Morgan fingerprint density at radius 2 is 1.91 bits per heavy atom. The molecule has 0 aliphatic carbocycles. The highest BCUT2D eigenvalue weighted by atomic mass is 19.4. The molecule has 8 heteroatoms. The highest BCUT2D eigenvalue weighted by molar-refractivity contribution is 5.88. The number of rotatable bonds is 6. The maximum atomic E-state index is 12.4. The monoisotopic (exact) mass is 319 g/mol. The molecule has 122 valence electrons. The van der Waals surface area contributed by atoms with Crippen LogP contribution in [0.4, 0.5) is 13.2 Å². The molecule has 0 aliphatic rings. The van der Waals surface area contributed by atoms with Gasteiger partial charge in [0.1, 0.15) is 5.75 Å². The van der Waals surface area contributed by atoms with Crippen LogP contribution in [0.2, 0.25) is 0 Å². The van der Waals surface area contributed by atoms with Crippen molar-refractivity contribution in [3.05, 3.63) is 29.8 Å². The Morgan fingerprint density at radius 3 is 2.45 bits per heavy atom. The van der Waals surface area contributed by atoms with Gasteiger partial charge in [0, 0.05) is 5.56 Å². The highest BCUT2D eigenvalue weighted by Crippen LogP contribution is 2.27. The van der Waals surface area contributed by atoms with Crippen LogP contribution in [0, 0.1) is 0 Å². The molecule has 0 radical (unpaired) electrons. The standard InChI is InChI=1S/C14H16F3NO4/c1-3-8-22-10-7-5-4-6-9(10)11(12(19)21-2)18-13(20)14(15,16)17/h4-7,11H,3,8H2,1-2H3,(H,18,20). The van der Waals surface area contributed by atoms with Crippen LogP contribution >= 0.6 is 0 Å². The summed E-state index contributed by atoms with van der Waals surface area (Å²) in [5, 5.41) is 1.62. The van der Waals surface area contributed by atoms with E-state index in [1.807, 2.05) is 6.92 Å². The van der Waals surface area contributed by atoms with Gasteiger partial charge in [-0.1, -0.05) is 25.1 Å². The Bertz CT molecular complexity index is 531. The Kier molecular flexibility index (Phi) is 6.21. The molecule has 0 aliphatic heterocycles. The summed E-state index contributed by atoms with van der Waals surface area (Å²) in [5.74, 6) is -3.04. The van der Waals surface area contributed by atoms with Crippen molar-refractivity contribution in [2.45, 2.75) is 25.6 Å². The van der Waals surface area contributed by atoms with E-state index in [2.05, 4.69) is 4.74 Å². The van der Waals surface area contributed by atoms with Crippen molar-refractivity contribution >= 4 is 11.9 Å². The fourth-order valence-corrected chi connectivity index (χ4v) is 1.66. The molecule has 1 aromatic carbocycles. The molecule has 1 N–H and O–H groups in total. The minimum Gasteiger partial charge on any atom is -0.493 e. The molecular weight excluding hydrogens is 303 g/mol. The summed E-state index contributed by atoms with van der Waals surface area (Å²) in [6, 6.07) is 4.41. The first-order valence-corrected chi connectivity index (χ1v) is 6.48. The van der Waals surface area contributed by atoms with Gasteiger partial charge in [0.2, 0.25) is 0 Å². The van der Waals surface area contributed by atoms with E-state index in [1.54, 1.807) is 11.4 Å². The highest BCUT2D eigenvalue weighted by Gasteiger charge is 2.41. The number of carbonyl (C=O) groups excluding carboxylic acids is 2. The van der Waals surface area contributed by atoms with Crippen LogP contribution in [0.25, 0.3) is 0 Å². The predicted molar refractivity (Wildman–Crippen MR) is 71.2 cm³/mol. The van der Waals surface area contributed by atoms with Crippen molar-refractivity contribution in [2.75, 3.05) is 13.7 Å². The van der Waals surface area contributed by atoms with Crippen molar-refractivity contribution in [1.29, 1.82) is 0 Å². The number of benzene rings is 1. The molecule has 5 nitrogen and oxygen atoms in total. The molecule has 1 amide bonds. The van der Waals surface area contributed by atoms with Gasteiger partial charge in [0.05, 0.1) is 13.7 Å². The van der Waals surface area contributed by atoms with E-state index in [1.165, 1.54) is 18.2 Å².